The van der Waals surface area contributed by atoms with Gasteiger partial charge in [0.05, 0.1) is 25.8 Å². The molecule has 1 N–H and O–H groups in total. The molecule has 124 valence electrons. The summed E-state index contributed by atoms with van der Waals surface area (Å²) in [5.41, 5.74) is 2.26. The van der Waals surface area contributed by atoms with Gasteiger partial charge in [0.2, 0.25) is 0 Å². The monoisotopic (exact) mass is 378 g/mol. The molecule has 4 nitrogen and oxygen atoms in total. The second kappa shape index (κ2) is 8.79. The standard InChI is InChI=1S/C18H22BrNO3/c1-21-16-7-5-4-6-14(16)12-20-9-8-13-10-18(23-3)15(19)11-17(13)22-2/h4-7,10-11,20H,8-9,12H2,1-3H3/i1-1. The molecule has 0 spiro atoms. The molecule has 0 atom stereocenters. The predicted molar refractivity (Wildman–Crippen MR) is 95.7 cm³/mol. The first kappa shape index (κ1) is 17.6. The van der Waals surface area contributed by atoms with E-state index in [2.05, 4.69) is 27.3 Å². The molecule has 0 amide bonds. The summed E-state index contributed by atoms with van der Waals surface area (Å²) in [5.74, 6) is 2.57. The molecular weight excluding hydrogens is 357 g/mol. The lowest BCUT2D eigenvalue weighted by molar-refractivity contribution is 0.396. The molecule has 0 bridgehead atoms. The van der Waals surface area contributed by atoms with Gasteiger partial charge in [-0.3, -0.25) is 0 Å². The van der Waals surface area contributed by atoms with Crippen molar-refractivity contribution in [1.82, 2.24) is 5.32 Å². The van der Waals surface area contributed by atoms with Crippen LogP contribution in [0.5, 0.6) is 17.2 Å². The summed E-state index contributed by atoms with van der Waals surface area (Å²) in [7, 11) is 5.04. The van der Waals surface area contributed by atoms with Gasteiger partial charge in [0, 0.05) is 12.1 Å². The highest BCUT2D eigenvalue weighted by molar-refractivity contribution is 9.10. The van der Waals surface area contributed by atoms with E-state index in [1.165, 1.54) is 0 Å². The Morgan fingerprint density at radius 2 is 1.57 bits per heavy atom. The fourth-order valence-corrected chi connectivity index (χ4v) is 2.90. The number of methoxy groups -OCH3 is 3. The minimum atomic E-state index is 0.764. The average Bonchev–Trinajstić information content (AvgIpc) is 2.59. The third kappa shape index (κ3) is 4.62. The summed E-state index contributed by atoms with van der Waals surface area (Å²) < 4.78 is 17.0. The van der Waals surface area contributed by atoms with Gasteiger partial charge >= 0.3 is 0 Å². The third-order valence-electron chi connectivity index (χ3n) is 3.63. The number of hydrogen-bond donors (Lipinski definition) is 1. The van der Waals surface area contributed by atoms with Crippen LogP contribution in [0, 0.1) is 0 Å². The normalized spacial score (nSPS) is 10.4. The van der Waals surface area contributed by atoms with Gasteiger partial charge in [-0.1, -0.05) is 18.2 Å². The van der Waals surface area contributed by atoms with E-state index in [0.717, 1.165) is 52.4 Å². The molecule has 0 aromatic heterocycles. The molecule has 0 unspecified atom stereocenters. The number of halogens is 1. The summed E-state index contributed by atoms with van der Waals surface area (Å²) >= 11 is 3.48. The Hall–Kier alpha value is -1.72. The third-order valence-corrected chi connectivity index (χ3v) is 4.25. The van der Waals surface area contributed by atoms with Crippen LogP contribution < -0.4 is 19.5 Å². The van der Waals surface area contributed by atoms with Crippen LogP contribution in [0.4, 0.5) is 0 Å². The predicted octanol–water partition coefficient (Wildman–Crippen LogP) is 3.81. The van der Waals surface area contributed by atoms with Crippen LogP contribution in [0.3, 0.4) is 0 Å². The molecule has 0 aliphatic heterocycles. The molecule has 0 heterocycles. The minimum absolute atomic E-state index is 0.764. The average molecular weight is 379 g/mol. The van der Waals surface area contributed by atoms with Crippen molar-refractivity contribution in [2.24, 2.45) is 0 Å². The van der Waals surface area contributed by atoms with Crippen LogP contribution in [0.25, 0.3) is 0 Å². The zero-order chi connectivity index (χ0) is 16.7. The summed E-state index contributed by atoms with van der Waals surface area (Å²) in [6.07, 6.45) is 0.849. The van der Waals surface area contributed by atoms with Crippen LogP contribution in [-0.2, 0) is 13.0 Å². The van der Waals surface area contributed by atoms with E-state index in [4.69, 9.17) is 14.2 Å². The van der Waals surface area contributed by atoms with Crippen molar-refractivity contribution in [2.45, 2.75) is 13.0 Å². The lowest BCUT2D eigenvalue weighted by Gasteiger charge is -2.13. The highest BCUT2D eigenvalue weighted by Gasteiger charge is 2.09. The van der Waals surface area contributed by atoms with Crippen molar-refractivity contribution in [1.29, 1.82) is 0 Å². The molecule has 0 saturated heterocycles. The smallest absolute Gasteiger partial charge is 0.133 e. The van der Waals surface area contributed by atoms with Crippen LogP contribution in [0.2, 0.25) is 0 Å². The minimum Gasteiger partial charge on any atom is -0.496 e. The van der Waals surface area contributed by atoms with Crippen LogP contribution >= 0.6 is 15.9 Å². The summed E-state index contributed by atoms with van der Waals surface area (Å²) in [6.45, 7) is 1.60. The van der Waals surface area contributed by atoms with E-state index in [1.54, 1.807) is 21.3 Å². The maximum Gasteiger partial charge on any atom is 0.133 e. The van der Waals surface area contributed by atoms with Gasteiger partial charge in [-0.25, -0.2) is 0 Å². The molecule has 23 heavy (non-hydrogen) atoms. The van der Waals surface area contributed by atoms with Gasteiger partial charge < -0.3 is 19.5 Å². The van der Waals surface area contributed by atoms with Crippen molar-refractivity contribution >= 4 is 15.9 Å². The summed E-state index contributed by atoms with van der Waals surface area (Å²) in [5, 5.41) is 3.44. The summed E-state index contributed by atoms with van der Waals surface area (Å²) in [4.78, 5) is 0. The second-order valence-corrected chi connectivity index (χ2v) is 5.89. The summed E-state index contributed by atoms with van der Waals surface area (Å²) in [6, 6.07) is 12.0. The number of rotatable bonds is 8. The van der Waals surface area contributed by atoms with Gasteiger partial charge in [0.1, 0.15) is 17.2 Å². The van der Waals surface area contributed by atoms with E-state index >= 15 is 0 Å². The van der Waals surface area contributed by atoms with Crippen LogP contribution in [0.1, 0.15) is 11.1 Å². The first-order chi connectivity index (χ1) is 11.2. The zero-order valence-electron chi connectivity index (χ0n) is 13.7. The highest BCUT2D eigenvalue weighted by atomic mass is 79.9. The van der Waals surface area contributed by atoms with Crippen molar-refractivity contribution in [2.75, 3.05) is 27.9 Å². The molecule has 0 aliphatic carbocycles. The Morgan fingerprint density at radius 1 is 0.870 bits per heavy atom. The van der Waals surface area contributed by atoms with Gasteiger partial charge in [0.15, 0.2) is 0 Å². The maximum absolute atomic E-state index is 5.44. The van der Waals surface area contributed by atoms with E-state index in [1.807, 2.05) is 30.3 Å². The molecule has 0 saturated carbocycles. The first-order valence-corrected chi connectivity index (χ1v) is 8.22. The molecule has 0 fully saturated rings. The maximum atomic E-state index is 5.44. The van der Waals surface area contributed by atoms with Gasteiger partial charge in [-0.2, -0.15) is 0 Å². The number of benzene rings is 2. The molecule has 2 rings (SSSR count). The van der Waals surface area contributed by atoms with Gasteiger partial charge in [-0.05, 0) is 52.7 Å². The fraction of sp³-hybridized carbons (Fsp3) is 0.333. The molecule has 5 heteroatoms. The number of hydrogen-bond acceptors (Lipinski definition) is 4. The van der Waals surface area contributed by atoms with Gasteiger partial charge in [-0.15, -0.1) is 0 Å². The second-order valence-electron chi connectivity index (χ2n) is 5.04. The van der Waals surface area contributed by atoms with E-state index in [9.17, 15) is 0 Å². The fourth-order valence-electron chi connectivity index (χ4n) is 2.41. The van der Waals surface area contributed by atoms with E-state index in [-0.39, 0.29) is 0 Å². The van der Waals surface area contributed by atoms with E-state index < -0.39 is 0 Å². The zero-order valence-corrected chi connectivity index (χ0v) is 15.3. The molecular formula is C18H22BrNO3. The molecule has 0 radical (unpaired) electrons. The van der Waals surface area contributed by atoms with Crippen molar-refractivity contribution < 1.29 is 14.2 Å². The SMILES string of the molecule is COc1cc(CCNCc2ccccc2O[11CH3])c(OC)cc1Br. The Morgan fingerprint density at radius 3 is 2.26 bits per heavy atom. The largest absolute Gasteiger partial charge is 0.496 e. The highest BCUT2D eigenvalue weighted by Crippen LogP contribution is 2.32. The number of ether oxygens (including phenoxy) is 3. The molecule has 2 aromatic rings. The van der Waals surface area contributed by atoms with Crippen molar-refractivity contribution in [3.63, 3.8) is 0 Å². The van der Waals surface area contributed by atoms with Crippen LogP contribution in [0.15, 0.2) is 40.9 Å². The molecule has 2 aromatic carbocycles. The lowest BCUT2D eigenvalue weighted by atomic mass is 10.1. The quantitative estimate of drug-likeness (QED) is 0.709. The first-order valence-electron chi connectivity index (χ1n) is 7.42. The number of para-hydroxylation sites is 1. The Kier molecular flexibility index (Phi) is 6.74. The Labute approximate surface area is 145 Å². The number of nitrogens with one attached hydrogen (secondary N) is 1. The van der Waals surface area contributed by atoms with Crippen LogP contribution in [-0.4, -0.2) is 27.9 Å². The molecule has 0 aliphatic rings. The van der Waals surface area contributed by atoms with Crippen molar-refractivity contribution in [3.8, 4) is 17.2 Å². The Bertz CT molecular complexity index is 646. The van der Waals surface area contributed by atoms with Gasteiger partial charge in [0.25, 0.3) is 0 Å². The topological polar surface area (TPSA) is 39.7 Å². The lowest BCUT2D eigenvalue weighted by Crippen LogP contribution is -2.17. The van der Waals surface area contributed by atoms with E-state index in [0.29, 0.717) is 0 Å². The van der Waals surface area contributed by atoms with Crippen molar-refractivity contribution in [3.05, 3.63) is 52.0 Å². The Balaban J connectivity index is 1.96.